The molecule has 0 spiro atoms. The SMILES string of the molecule is CC(C)C[C@@H](C(=O)NNC[C@@H]1CCNC1=O)n1c(C(N)=O)cc2ccccc21. The molecule has 0 saturated carbocycles. The maximum atomic E-state index is 13.0. The fraction of sp³-hybridized carbons (Fsp3) is 0.450. The summed E-state index contributed by atoms with van der Waals surface area (Å²) in [5, 5.41) is 3.63. The van der Waals surface area contributed by atoms with Crippen molar-refractivity contribution in [2.75, 3.05) is 13.1 Å². The molecular formula is C20H27N5O3. The van der Waals surface area contributed by atoms with Gasteiger partial charge in [-0.25, -0.2) is 5.43 Å². The van der Waals surface area contributed by atoms with Crippen LogP contribution >= 0.6 is 0 Å². The minimum absolute atomic E-state index is 0.00658. The van der Waals surface area contributed by atoms with Crippen LogP contribution in [-0.2, 0) is 9.59 Å². The first-order chi connectivity index (χ1) is 13.4. The summed E-state index contributed by atoms with van der Waals surface area (Å²) in [6.45, 7) is 5.06. The van der Waals surface area contributed by atoms with Crippen molar-refractivity contribution < 1.29 is 14.4 Å². The van der Waals surface area contributed by atoms with E-state index >= 15 is 0 Å². The molecule has 1 saturated heterocycles. The molecule has 0 aliphatic carbocycles. The summed E-state index contributed by atoms with van der Waals surface area (Å²) in [7, 11) is 0. The topological polar surface area (TPSA) is 118 Å². The second-order valence-corrected chi connectivity index (χ2v) is 7.61. The van der Waals surface area contributed by atoms with Gasteiger partial charge in [0.05, 0.1) is 5.92 Å². The lowest BCUT2D eigenvalue weighted by atomic mass is 10.0. The standard InChI is InChI=1S/C20H27N5O3/c1-12(2)9-17(20(28)24-23-11-14-7-8-22-19(14)27)25-15-6-4-3-5-13(15)10-16(25)18(21)26/h3-6,10,12,14,17,23H,7-9,11H2,1-2H3,(H2,21,26)(H,22,27)(H,24,28)/t14-,17-/m0/s1. The fourth-order valence-corrected chi connectivity index (χ4v) is 3.66. The summed E-state index contributed by atoms with van der Waals surface area (Å²) < 4.78 is 1.72. The molecule has 2 aromatic rings. The van der Waals surface area contributed by atoms with Gasteiger partial charge in [-0.1, -0.05) is 32.0 Å². The Morgan fingerprint density at radius 3 is 2.71 bits per heavy atom. The summed E-state index contributed by atoms with van der Waals surface area (Å²) in [5.41, 5.74) is 12.3. The number of nitrogens with one attached hydrogen (secondary N) is 3. The monoisotopic (exact) mass is 385 g/mol. The first-order valence-electron chi connectivity index (χ1n) is 9.58. The first kappa shape index (κ1) is 19.9. The number of carbonyl (C=O) groups is 3. The zero-order chi connectivity index (χ0) is 20.3. The average Bonchev–Trinajstić information content (AvgIpc) is 3.23. The van der Waals surface area contributed by atoms with Gasteiger partial charge in [-0.2, -0.15) is 0 Å². The third-order valence-corrected chi connectivity index (χ3v) is 5.03. The number of hydrogen-bond donors (Lipinski definition) is 4. The highest BCUT2D eigenvalue weighted by molar-refractivity contribution is 5.99. The Labute approximate surface area is 163 Å². The Balaban J connectivity index is 1.84. The van der Waals surface area contributed by atoms with Crippen molar-refractivity contribution in [1.29, 1.82) is 0 Å². The maximum Gasteiger partial charge on any atom is 0.265 e. The van der Waals surface area contributed by atoms with E-state index in [1.54, 1.807) is 10.6 Å². The van der Waals surface area contributed by atoms with Crippen LogP contribution in [0, 0.1) is 11.8 Å². The number of carbonyl (C=O) groups excluding carboxylic acids is 3. The summed E-state index contributed by atoms with van der Waals surface area (Å²) in [6, 6.07) is 8.62. The van der Waals surface area contributed by atoms with Gasteiger partial charge in [0, 0.05) is 24.0 Å². The van der Waals surface area contributed by atoms with Gasteiger partial charge in [-0.3, -0.25) is 19.8 Å². The zero-order valence-corrected chi connectivity index (χ0v) is 16.2. The van der Waals surface area contributed by atoms with Gasteiger partial charge in [-0.05, 0) is 30.9 Å². The third-order valence-electron chi connectivity index (χ3n) is 5.03. The summed E-state index contributed by atoms with van der Waals surface area (Å²) in [4.78, 5) is 36.7. The lowest BCUT2D eigenvalue weighted by Gasteiger charge is -2.23. The predicted octanol–water partition coefficient (Wildman–Crippen LogP) is 1.08. The molecule has 1 aromatic heterocycles. The molecule has 8 nitrogen and oxygen atoms in total. The molecule has 3 amide bonds. The molecule has 150 valence electrons. The van der Waals surface area contributed by atoms with Gasteiger partial charge in [0.1, 0.15) is 11.7 Å². The van der Waals surface area contributed by atoms with Gasteiger partial charge >= 0.3 is 0 Å². The molecule has 3 rings (SSSR count). The molecular weight excluding hydrogens is 358 g/mol. The van der Waals surface area contributed by atoms with Gasteiger partial charge in [-0.15, -0.1) is 0 Å². The quantitative estimate of drug-likeness (QED) is 0.509. The molecule has 8 heteroatoms. The molecule has 1 aliphatic rings. The smallest absolute Gasteiger partial charge is 0.265 e. The lowest BCUT2D eigenvalue weighted by Crippen LogP contribution is -2.45. The predicted molar refractivity (Wildman–Crippen MR) is 106 cm³/mol. The third kappa shape index (κ3) is 4.17. The van der Waals surface area contributed by atoms with E-state index < -0.39 is 11.9 Å². The molecule has 0 radical (unpaired) electrons. The second-order valence-electron chi connectivity index (χ2n) is 7.61. The highest BCUT2D eigenvalue weighted by Gasteiger charge is 2.28. The maximum absolute atomic E-state index is 13.0. The highest BCUT2D eigenvalue weighted by atomic mass is 16.2. The van der Waals surface area contributed by atoms with E-state index in [0.29, 0.717) is 25.2 Å². The molecule has 1 aliphatic heterocycles. The van der Waals surface area contributed by atoms with Crippen LogP contribution in [0.25, 0.3) is 10.9 Å². The Hall–Kier alpha value is -2.87. The summed E-state index contributed by atoms with van der Waals surface area (Å²) in [5.74, 6) is -0.784. The van der Waals surface area contributed by atoms with Crippen molar-refractivity contribution in [2.45, 2.75) is 32.7 Å². The molecule has 2 atom stereocenters. The van der Waals surface area contributed by atoms with Crippen LogP contribution in [0.5, 0.6) is 0 Å². The lowest BCUT2D eigenvalue weighted by molar-refractivity contribution is -0.127. The molecule has 0 bridgehead atoms. The van der Waals surface area contributed by atoms with Crippen LogP contribution < -0.4 is 21.9 Å². The van der Waals surface area contributed by atoms with E-state index in [1.165, 1.54) is 0 Å². The van der Waals surface area contributed by atoms with Gasteiger partial charge < -0.3 is 15.6 Å². The van der Waals surface area contributed by atoms with Crippen LogP contribution in [0.1, 0.15) is 43.2 Å². The largest absolute Gasteiger partial charge is 0.364 e. The van der Waals surface area contributed by atoms with E-state index in [4.69, 9.17) is 5.73 Å². The number of amides is 3. The van der Waals surface area contributed by atoms with Crippen molar-refractivity contribution in [3.63, 3.8) is 0 Å². The summed E-state index contributed by atoms with van der Waals surface area (Å²) >= 11 is 0. The van der Waals surface area contributed by atoms with E-state index in [1.807, 2.05) is 38.1 Å². The number of nitrogens with two attached hydrogens (primary N) is 1. The first-order valence-corrected chi connectivity index (χ1v) is 9.58. The van der Waals surface area contributed by atoms with Crippen LogP contribution in [-0.4, -0.2) is 35.4 Å². The number of aromatic nitrogens is 1. The van der Waals surface area contributed by atoms with Crippen molar-refractivity contribution >= 4 is 28.6 Å². The van der Waals surface area contributed by atoms with Crippen LogP contribution in [0.3, 0.4) is 0 Å². The van der Waals surface area contributed by atoms with Crippen LogP contribution in [0.15, 0.2) is 30.3 Å². The summed E-state index contributed by atoms with van der Waals surface area (Å²) in [6.07, 6.45) is 1.28. The number of fused-ring (bicyclic) bond motifs is 1. The van der Waals surface area contributed by atoms with Crippen LogP contribution in [0.4, 0.5) is 0 Å². The molecule has 1 aromatic carbocycles. The number of benzene rings is 1. The van der Waals surface area contributed by atoms with E-state index in [2.05, 4.69) is 16.2 Å². The van der Waals surface area contributed by atoms with Crippen molar-refractivity contribution in [2.24, 2.45) is 17.6 Å². The number of hydrogen-bond acceptors (Lipinski definition) is 4. The van der Waals surface area contributed by atoms with E-state index in [9.17, 15) is 14.4 Å². The number of para-hydroxylation sites is 1. The minimum Gasteiger partial charge on any atom is -0.364 e. The van der Waals surface area contributed by atoms with Crippen molar-refractivity contribution in [3.05, 3.63) is 36.0 Å². The van der Waals surface area contributed by atoms with Crippen molar-refractivity contribution in [3.8, 4) is 0 Å². The Morgan fingerprint density at radius 2 is 2.07 bits per heavy atom. The van der Waals surface area contributed by atoms with Crippen molar-refractivity contribution in [1.82, 2.24) is 20.7 Å². The number of rotatable bonds is 8. The number of hydrazine groups is 1. The highest BCUT2D eigenvalue weighted by Crippen LogP contribution is 2.28. The van der Waals surface area contributed by atoms with Gasteiger partial charge in [0.2, 0.25) is 5.91 Å². The van der Waals surface area contributed by atoms with Gasteiger partial charge in [0.15, 0.2) is 0 Å². The number of nitrogens with zero attached hydrogens (tertiary/aromatic N) is 1. The molecule has 0 unspecified atom stereocenters. The minimum atomic E-state index is -0.604. The zero-order valence-electron chi connectivity index (χ0n) is 16.2. The van der Waals surface area contributed by atoms with Crippen LogP contribution in [0.2, 0.25) is 0 Å². The normalized spacial score (nSPS) is 17.7. The fourth-order valence-electron chi connectivity index (χ4n) is 3.66. The second kappa shape index (κ2) is 8.43. The molecule has 28 heavy (non-hydrogen) atoms. The van der Waals surface area contributed by atoms with E-state index in [-0.39, 0.29) is 23.7 Å². The number of primary amides is 1. The molecule has 5 N–H and O–H groups in total. The molecule has 1 fully saturated rings. The van der Waals surface area contributed by atoms with E-state index in [0.717, 1.165) is 17.3 Å². The average molecular weight is 385 g/mol. The Kier molecular flexibility index (Phi) is 5.99. The molecule has 2 heterocycles. The van der Waals surface area contributed by atoms with Gasteiger partial charge in [0.25, 0.3) is 11.8 Å². The Bertz CT molecular complexity index is 889. The Morgan fingerprint density at radius 1 is 1.32 bits per heavy atom.